The molecule has 5 aromatic heterocycles. The van der Waals surface area contributed by atoms with Crippen molar-refractivity contribution in [3.63, 3.8) is 0 Å². The Morgan fingerprint density at radius 3 is 2.24 bits per heavy atom. The highest BCUT2D eigenvalue weighted by Gasteiger charge is 2.40. The molecule has 6 heterocycles. The van der Waals surface area contributed by atoms with Crippen molar-refractivity contribution in [3.05, 3.63) is 144 Å². The SMILES string of the molecule is CC.CCC1(CC)CN(c2cccc(NC(=O)c3cnc(/C=C\C(=N)c4ccccc4C(F)(F)F)[nH]3)n2)C1.COc1cccc(NC=O)n1.Cc1cnn2ccc(-c3ccccc3OC(F)(F)F)nc12. The van der Waals surface area contributed by atoms with Gasteiger partial charge in [-0.1, -0.05) is 70.2 Å². The van der Waals surface area contributed by atoms with Crippen LogP contribution in [0, 0.1) is 17.7 Å². The summed E-state index contributed by atoms with van der Waals surface area (Å²) >= 11 is 0. The molecule has 0 spiro atoms. The number of imidazole rings is 1. The minimum Gasteiger partial charge on any atom is -0.481 e. The fraction of sp³-hybridized carbons (Fsp3) is 0.265. The number of para-hydroxylation sites is 1. The molecule has 4 N–H and O–H groups in total. The molecule has 368 valence electrons. The highest BCUT2D eigenvalue weighted by atomic mass is 19.4. The number of nitrogens with zero attached hydrogens (tertiary/aromatic N) is 7. The van der Waals surface area contributed by atoms with Crippen LogP contribution in [0.15, 0.2) is 116 Å². The van der Waals surface area contributed by atoms with Crippen LogP contribution in [0.3, 0.4) is 0 Å². The van der Waals surface area contributed by atoms with Crippen LogP contribution in [0.25, 0.3) is 23.0 Å². The van der Waals surface area contributed by atoms with E-state index in [1.165, 1.54) is 61.9 Å². The van der Waals surface area contributed by atoms with Crippen molar-refractivity contribution in [1.29, 1.82) is 5.41 Å². The first kappa shape index (κ1) is 52.9. The number of methoxy groups -OCH3 is 1. The monoisotopic (exact) mass is 971 g/mol. The molecule has 0 saturated carbocycles. The number of alkyl halides is 6. The standard InChI is InChI=1S/C26H27F3N6O.C14H10F3N3O.C7H8N2O2.C2H6/c1-3-25(4-2)15-35(16-25)23-11-7-10-22(33-23)34-24(36)20-14-31-21(32-20)13-12-19(30)17-8-5-6-9-18(17)26(27,28)29;1-9-8-18-20-7-6-11(19-13(9)20)10-4-2-3-5-12(10)21-14(15,16)17;1-11-7-4-2-3-6(9-7)8-5-10;1-2/h5-14,30H,3-4,15-16H2,1-2H3,(H,31,32)(H,33,34,36);2-8H,1H3;2-5H,1H3,(H,8,9,10);1-2H3/b13-12-,30-19?;;;. The fourth-order valence-electron chi connectivity index (χ4n) is 6.92. The molecule has 15 nitrogen and oxygen atoms in total. The van der Waals surface area contributed by atoms with Gasteiger partial charge in [0.1, 0.15) is 34.7 Å². The van der Waals surface area contributed by atoms with Gasteiger partial charge in [-0.2, -0.15) is 23.3 Å². The van der Waals surface area contributed by atoms with Crippen LogP contribution < -0.4 is 25.0 Å². The van der Waals surface area contributed by atoms with E-state index < -0.39 is 24.0 Å². The average molecular weight is 972 g/mol. The van der Waals surface area contributed by atoms with Gasteiger partial charge in [0, 0.05) is 47.5 Å². The predicted molar refractivity (Wildman–Crippen MR) is 255 cm³/mol. The predicted octanol–water partition coefficient (Wildman–Crippen LogP) is 11.1. The number of ether oxygens (including phenoxy) is 2. The molecule has 7 aromatic rings. The Labute approximate surface area is 399 Å². The Morgan fingerprint density at radius 1 is 0.871 bits per heavy atom. The number of amides is 2. The largest absolute Gasteiger partial charge is 0.573 e. The van der Waals surface area contributed by atoms with Gasteiger partial charge in [-0.25, -0.2) is 19.5 Å². The molecule has 0 bridgehead atoms. The maximum atomic E-state index is 13.2. The first-order valence-corrected chi connectivity index (χ1v) is 21.8. The zero-order valence-electron chi connectivity index (χ0n) is 39.0. The van der Waals surface area contributed by atoms with E-state index in [2.05, 4.69) is 64.1 Å². The van der Waals surface area contributed by atoms with Gasteiger partial charge >= 0.3 is 12.5 Å². The van der Waals surface area contributed by atoms with Crippen molar-refractivity contribution in [2.45, 2.75) is 60.0 Å². The third-order valence-electron chi connectivity index (χ3n) is 10.7. The van der Waals surface area contributed by atoms with E-state index in [9.17, 15) is 35.9 Å². The molecule has 0 radical (unpaired) electrons. The summed E-state index contributed by atoms with van der Waals surface area (Å²) in [5, 5.41) is 17.3. The maximum Gasteiger partial charge on any atom is 0.573 e. The minimum atomic E-state index is -4.74. The average Bonchev–Trinajstić information content (AvgIpc) is 3.98. The number of H-pyrrole nitrogens is 1. The van der Waals surface area contributed by atoms with Gasteiger partial charge < -0.3 is 35.4 Å². The molecule has 8 rings (SSSR count). The van der Waals surface area contributed by atoms with E-state index in [0.29, 0.717) is 40.7 Å². The zero-order valence-corrected chi connectivity index (χ0v) is 39.0. The summed E-state index contributed by atoms with van der Waals surface area (Å²) in [6.07, 6.45) is 0.649. The number of pyridine rings is 2. The number of rotatable bonds is 13. The molecule has 1 saturated heterocycles. The lowest BCUT2D eigenvalue weighted by Crippen LogP contribution is -2.56. The van der Waals surface area contributed by atoms with Crippen molar-refractivity contribution in [1.82, 2.24) is 34.5 Å². The molecule has 0 atom stereocenters. The third kappa shape index (κ3) is 14.0. The van der Waals surface area contributed by atoms with Crippen molar-refractivity contribution in [3.8, 4) is 22.9 Å². The van der Waals surface area contributed by atoms with Crippen LogP contribution in [-0.4, -0.2) is 79.1 Å². The van der Waals surface area contributed by atoms with Gasteiger partial charge in [0.15, 0.2) is 5.65 Å². The smallest absolute Gasteiger partial charge is 0.481 e. The molecule has 1 fully saturated rings. The van der Waals surface area contributed by atoms with Gasteiger partial charge in [-0.3, -0.25) is 9.59 Å². The first-order valence-electron chi connectivity index (χ1n) is 21.8. The fourth-order valence-corrected chi connectivity index (χ4v) is 6.92. The van der Waals surface area contributed by atoms with Crippen LogP contribution in [-0.2, 0) is 11.0 Å². The second kappa shape index (κ2) is 23.8. The highest BCUT2D eigenvalue weighted by Crippen LogP contribution is 2.39. The van der Waals surface area contributed by atoms with Gasteiger partial charge in [0.25, 0.3) is 5.91 Å². The summed E-state index contributed by atoms with van der Waals surface area (Å²) in [7, 11) is 1.52. The number of aromatic nitrogens is 7. The first-order chi connectivity index (χ1) is 33.4. The normalized spacial score (nSPS) is 12.8. The number of hydrogen-bond acceptors (Lipinski definition) is 11. The molecule has 2 amide bonds. The van der Waals surface area contributed by atoms with Gasteiger partial charge in [0.2, 0.25) is 12.3 Å². The number of allylic oxidation sites excluding steroid dienone is 1. The second-order valence-electron chi connectivity index (χ2n) is 15.2. The molecule has 70 heavy (non-hydrogen) atoms. The van der Waals surface area contributed by atoms with Crippen LogP contribution in [0.5, 0.6) is 11.6 Å². The number of fused-ring (bicyclic) bond motifs is 1. The van der Waals surface area contributed by atoms with E-state index in [1.807, 2.05) is 32.9 Å². The summed E-state index contributed by atoms with van der Waals surface area (Å²) in [6, 6.07) is 23.0. The summed E-state index contributed by atoms with van der Waals surface area (Å²) in [6.45, 7) is 12.1. The van der Waals surface area contributed by atoms with Gasteiger partial charge in [0.05, 0.1) is 36.5 Å². The highest BCUT2D eigenvalue weighted by molar-refractivity contribution is 6.09. The number of carbonyl (C=O) groups is 2. The zero-order chi connectivity index (χ0) is 51.1. The summed E-state index contributed by atoms with van der Waals surface area (Å²) < 4.78 is 87.4. The van der Waals surface area contributed by atoms with E-state index >= 15 is 0 Å². The number of nitrogens with one attached hydrogen (secondary N) is 4. The van der Waals surface area contributed by atoms with Crippen LogP contribution >= 0.6 is 0 Å². The molecule has 2 aromatic carbocycles. The van der Waals surface area contributed by atoms with Crippen molar-refractivity contribution < 1.29 is 45.4 Å². The number of benzene rings is 2. The Bertz CT molecular complexity index is 2890. The minimum absolute atomic E-state index is 0.156. The van der Waals surface area contributed by atoms with Crippen molar-refractivity contribution in [2.24, 2.45) is 5.41 Å². The van der Waals surface area contributed by atoms with E-state index in [1.54, 1.807) is 53.3 Å². The molecule has 0 unspecified atom stereocenters. The summed E-state index contributed by atoms with van der Waals surface area (Å²) in [5.74, 6) is 1.67. The molecule has 21 heteroatoms. The molecule has 1 aliphatic heterocycles. The topological polar surface area (TPSA) is 188 Å². The lowest BCUT2D eigenvalue weighted by Gasteiger charge is -2.50. The van der Waals surface area contributed by atoms with Crippen LogP contribution in [0.1, 0.15) is 73.5 Å². The van der Waals surface area contributed by atoms with Crippen LogP contribution in [0.4, 0.5) is 43.8 Å². The van der Waals surface area contributed by atoms with Crippen molar-refractivity contribution >= 4 is 47.2 Å². The Morgan fingerprint density at radius 2 is 1.56 bits per heavy atom. The maximum absolute atomic E-state index is 13.2. The lowest BCUT2D eigenvalue weighted by molar-refractivity contribution is -0.274. The van der Waals surface area contributed by atoms with E-state index in [-0.39, 0.29) is 34.1 Å². The molecule has 0 aliphatic carbocycles. The quantitative estimate of drug-likeness (QED) is 0.0492. The molecular formula is C49H51F6N11O4. The summed E-state index contributed by atoms with van der Waals surface area (Å²) in [5.41, 5.74) is 1.13. The molecule has 1 aliphatic rings. The second-order valence-corrected chi connectivity index (χ2v) is 15.2. The number of carbonyl (C=O) groups excluding carboxylic acids is 2. The van der Waals surface area contributed by atoms with Gasteiger partial charge in [-0.15, -0.1) is 13.2 Å². The number of aromatic amines is 1. The van der Waals surface area contributed by atoms with E-state index in [4.69, 9.17) is 10.1 Å². The van der Waals surface area contributed by atoms with Gasteiger partial charge in [-0.05, 0) is 74.4 Å². The Hall–Kier alpha value is -8.10. The van der Waals surface area contributed by atoms with Crippen molar-refractivity contribution in [2.75, 3.05) is 35.7 Å². The Balaban J connectivity index is 0.000000224. The van der Waals surface area contributed by atoms with Crippen LogP contribution in [0.2, 0.25) is 0 Å². The number of halogens is 6. The number of hydrogen-bond donors (Lipinski definition) is 4. The Kier molecular flexibility index (Phi) is 17.9. The number of anilines is 3. The lowest BCUT2D eigenvalue weighted by atomic mass is 9.75. The number of aryl methyl sites for hydroxylation is 1. The molecular weight excluding hydrogens is 921 g/mol. The third-order valence-corrected chi connectivity index (χ3v) is 10.7. The summed E-state index contributed by atoms with van der Waals surface area (Å²) in [4.78, 5) is 44.5. The van der Waals surface area contributed by atoms with E-state index in [0.717, 1.165) is 43.4 Å².